The number of aryl methyl sites for hydroxylation is 1. The number of alkyl halides is 8. The van der Waals surface area contributed by atoms with Crippen LogP contribution in [0, 0.1) is 0 Å². The van der Waals surface area contributed by atoms with Crippen LogP contribution in [-0.2, 0) is 19.1 Å². The Bertz CT molecular complexity index is 1200. The highest BCUT2D eigenvalue weighted by Crippen LogP contribution is 2.45. The molecule has 0 spiro atoms. The fourth-order valence-electron chi connectivity index (χ4n) is 2.78. The lowest BCUT2D eigenvalue weighted by Crippen LogP contribution is -2.33. The quantitative estimate of drug-likeness (QED) is 0.330. The maximum atomic E-state index is 13.5. The van der Waals surface area contributed by atoms with E-state index in [1.54, 1.807) is 6.92 Å². The van der Waals surface area contributed by atoms with Gasteiger partial charge < -0.3 is 4.57 Å². The number of halogens is 8. The lowest BCUT2D eigenvalue weighted by molar-refractivity contribution is -0.289. The molecule has 3 rings (SSSR count). The molecule has 180 valence electrons. The van der Waals surface area contributed by atoms with Crippen LogP contribution < -0.4 is 4.90 Å². The Balaban J connectivity index is 2.05. The van der Waals surface area contributed by atoms with Crippen molar-refractivity contribution in [3.05, 3.63) is 28.5 Å². The standard InChI is InChI=1S/C17H13F8N5OS2/c1-4-32-10-6-9-8(26-12(29(9)2)16(20,21)22)5-7(10)11(31)30(3)14-28-27-13(33-14)15(18,19)17(23,24)25/h5-6H,4H2,1-3H3. The molecule has 0 bridgehead atoms. The SMILES string of the molecule is CCSc1cc2c(cc1C(=O)N(C)c1nnc(C(F)(F)C(F)(F)F)s1)nc(C(F)(F)F)n2C. The van der Waals surface area contributed by atoms with E-state index in [1.807, 2.05) is 0 Å². The van der Waals surface area contributed by atoms with Crippen molar-refractivity contribution in [2.45, 2.75) is 30.1 Å². The summed E-state index contributed by atoms with van der Waals surface area (Å²) in [5, 5.41) is 3.91. The van der Waals surface area contributed by atoms with E-state index in [0.29, 0.717) is 10.7 Å². The van der Waals surface area contributed by atoms with Crippen molar-refractivity contribution < 1.29 is 39.9 Å². The smallest absolute Gasteiger partial charge is 0.323 e. The molecule has 2 aromatic heterocycles. The fraction of sp³-hybridized carbons (Fsp3) is 0.412. The first-order valence-corrected chi connectivity index (χ1v) is 10.7. The largest absolute Gasteiger partial charge is 0.460 e. The van der Waals surface area contributed by atoms with Crippen molar-refractivity contribution in [1.82, 2.24) is 19.7 Å². The lowest BCUT2D eigenvalue weighted by atomic mass is 10.1. The van der Waals surface area contributed by atoms with Crippen LogP contribution in [0.3, 0.4) is 0 Å². The van der Waals surface area contributed by atoms with Gasteiger partial charge in [-0.15, -0.1) is 22.0 Å². The van der Waals surface area contributed by atoms with Crippen molar-refractivity contribution in [2.24, 2.45) is 7.05 Å². The van der Waals surface area contributed by atoms with E-state index in [2.05, 4.69) is 15.2 Å². The molecule has 0 saturated heterocycles. The van der Waals surface area contributed by atoms with Crippen molar-refractivity contribution >= 4 is 45.2 Å². The highest BCUT2D eigenvalue weighted by molar-refractivity contribution is 7.99. The number of nitrogens with zero attached hydrogens (tertiary/aromatic N) is 5. The van der Waals surface area contributed by atoms with Crippen LogP contribution in [0.1, 0.15) is 28.1 Å². The van der Waals surface area contributed by atoms with Gasteiger partial charge in [0.2, 0.25) is 11.0 Å². The van der Waals surface area contributed by atoms with E-state index in [0.717, 1.165) is 36.5 Å². The number of hydrogen-bond acceptors (Lipinski definition) is 6. The van der Waals surface area contributed by atoms with Gasteiger partial charge in [0, 0.05) is 19.0 Å². The Hall–Kier alpha value is -2.49. The van der Waals surface area contributed by atoms with E-state index in [9.17, 15) is 39.9 Å². The zero-order chi connectivity index (χ0) is 24.9. The predicted octanol–water partition coefficient (Wildman–Crippen LogP) is 5.49. The molecule has 0 unspecified atom stereocenters. The Kier molecular flexibility index (Phi) is 6.38. The molecule has 0 radical (unpaired) electrons. The summed E-state index contributed by atoms with van der Waals surface area (Å²) >= 11 is 0.993. The molecule has 0 aliphatic rings. The molecule has 0 N–H and O–H groups in total. The first-order valence-electron chi connectivity index (χ1n) is 8.86. The molecule has 33 heavy (non-hydrogen) atoms. The zero-order valence-corrected chi connectivity index (χ0v) is 18.5. The molecule has 1 aromatic carbocycles. The van der Waals surface area contributed by atoms with Crippen molar-refractivity contribution in [1.29, 1.82) is 0 Å². The minimum absolute atomic E-state index is 0.0977. The highest BCUT2D eigenvalue weighted by atomic mass is 32.2. The minimum Gasteiger partial charge on any atom is -0.323 e. The second-order valence-corrected chi connectivity index (χ2v) is 8.85. The minimum atomic E-state index is -5.91. The maximum absolute atomic E-state index is 13.5. The van der Waals surface area contributed by atoms with Gasteiger partial charge in [-0.25, -0.2) is 4.98 Å². The predicted molar refractivity (Wildman–Crippen MR) is 105 cm³/mol. The number of carbonyl (C=O) groups is 1. The molecule has 6 nitrogen and oxygen atoms in total. The monoisotopic (exact) mass is 519 g/mol. The number of hydrogen-bond donors (Lipinski definition) is 0. The molecule has 0 fully saturated rings. The first kappa shape index (κ1) is 25.1. The van der Waals surface area contributed by atoms with E-state index in [-0.39, 0.29) is 32.8 Å². The van der Waals surface area contributed by atoms with Crippen molar-refractivity contribution in [2.75, 3.05) is 17.7 Å². The number of benzene rings is 1. The molecule has 0 aliphatic carbocycles. The summed E-state index contributed by atoms with van der Waals surface area (Å²) in [6, 6.07) is 2.43. The van der Waals surface area contributed by atoms with Crippen LogP contribution >= 0.6 is 23.1 Å². The number of fused-ring (bicyclic) bond motifs is 1. The molecule has 16 heteroatoms. The molecular formula is C17H13F8N5OS2. The number of aromatic nitrogens is 4. The number of rotatable bonds is 5. The van der Waals surface area contributed by atoms with Gasteiger partial charge in [0.05, 0.1) is 16.6 Å². The zero-order valence-electron chi connectivity index (χ0n) is 16.8. The second-order valence-electron chi connectivity index (χ2n) is 6.59. The number of thioether (sulfide) groups is 1. The van der Waals surface area contributed by atoms with Crippen LogP contribution in [0.25, 0.3) is 11.0 Å². The Labute approximate surface area is 188 Å². The Morgan fingerprint density at radius 1 is 1.12 bits per heavy atom. The number of anilines is 1. The average molecular weight is 519 g/mol. The van der Waals surface area contributed by atoms with Gasteiger partial charge >= 0.3 is 18.3 Å². The van der Waals surface area contributed by atoms with Crippen LogP contribution in [0.4, 0.5) is 40.3 Å². The van der Waals surface area contributed by atoms with Gasteiger partial charge in [-0.1, -0.05) is 18.3 Å². The van der Waals surface area contributed by atoms with Crippen LogP contribution in [0.15, 0.2) is 17.0 Å². The topological polar surface area (TPSA) is 63.9 Å². The third kappa shape index (κ3) is 4.49. The molecule has 3 aromatic rings. The summed E-state index contributed by atoms with van der Waals surface area (Å²) in [6.45, 7) is 1.73. The highest BCUT2D eigenvalue weighted by Gasteiger charge is 2.61. The fourth-order valence-corrected chi connectivity index (χ4v) is 4.39. The first-order chi connectivity index (χ1) is 15.1. The molecule has 2 heterocycles. The number of amides is 1. The normalized spacial score (nSPS) is 13.1. The molecule has 0 saturated carbocycles. The lowest BCUT2D eigenvalue weighted by Gasteiger charge is -2.17. The molecule has 0 aliphatic heterocycles. The van der Waals surface area contributed by atoms with E-state index in [1.165, 1.54) is 6.07 Å². The summed E-state index contributed by atoms with van der Waals surface area (Å²) in [6.07, 6.45) is -10.7. The third-order valence-corrected chi connectivity index (χ3v) is 6.40. The van der Waals surface area contributed by atoms with Gasteiger partial charge in [0.25, 0.3) is 5.91 Å². The molecular weight excluding hydrogens is 506 g/mol. The van der Waals surface area contributed by atoms with Crippen LogP contribution in [0.2, 0.25) is 0 Å². The van der Waals surface area contributed by atoms with Gasteiger partial charge in [-0.2, -0.15) is 35.1 Å². The molecule has 0 atom stereocenters. The van der Waals surface area contributed by atoms with Gasteiger partial charge in [-0.05, 0) is 17.9 Å². The number of carbonyl (C=O) groups excluding carboxylic acids is 1. The van der Waals surface area contributed by atoms with Gasteiger partial charge in [-0.3, -0.25) is 9.69 Å². The average Bonchev–Trinajstić information content (AvgIpc) is 3.31. The summed E-state index contributed by atoms with van der Waals surface area (Å²) in [5.74, 6) is -6.92. The summed E-state index contributed by atoms with van der Waals surface area (Å²) in [4.78, 5) is 17.5. The van der Waals surface area contributed by atoms with Crippen LogP contribution in [-0.4, -0.2) is 44.6 Å². The number of imidazole rings is 1. The Morgan fingerprint density at radius 3 is 2.30 bits per heavy atom. The molecule has 1 amide bonds. The van der Waals surface area contributed by atoms with E-state index in [4.69, 9.17) is 0 Å². The maximum Gasteiger partial charge on any atom is 0.460 e. The Morgan fingerprint density at radius 2 is 1.76 bits per heavy atom. The summed E-state index contributed by atoms with van der Waals surface area (Å²) in [5.41, 5.74) is -0.174. The van der Waals surface area contributed by atoms with E-state index < -0.39 is 40.1 Å². The van der Waals surface area contributed by atoms with Gasteiger partial charge in [0.1, 0.15) is 0 Å². The third-order valence-electron chi connectivity index (χ3n) is 4.40. The van der Waals surface area contributed by atoms with Crippen molar-refractivity contribution in [3.8, 4) is 0 Å². The van der Waals surface area contributed by atoms with Gasteiger partial charge in [0.15, 0.2) is 5.01 Å². The van der Waals surface area contributed by atoms with E-state index >= 15 is 0 Å². The van der Waals surface area contributed by atoms with Crippen molar-refractivity contribution in [3.63, 3.8) is 0 Å². The summed E-state index contributed by atoms with van der Waals surface area (Å²) in [7, 11) is 2.23. The van der Waals surface area contributed by atoms with Crippen LogP contribution in [0.5, 0.6) is 0 Å². The summed E-state index contributed by atoms with van der Waals surface area (Å²) < 4.78 is 105. The second kappa shape index (κ2) is 8.38.